The van der Waals surface area contributed by atoms with Crippen LogP contribution >= 0.6 is 0 Å². The van der Waals surface area contributed by atoms with Crippen molar-refractivity contribution < 1.29 is 9.59 Å². The van der Waals surface area contributed by atoms with Gasteiger partial charge in [-0.25, -0.2) is 0 Å². The van der Waals surface area contributed by atoms with E-state index in [0.29, 0.717) is 12.3 Å². The first kappa shape index (κ1) is 10.5. The lowest BCUT2D eigenvalue weighted by molar-refractivity contribution is -0.132. The van der Waals surface area contributed by atoms with Crippen molar-refractivity contribution in [3.05, 3.63) is 0 Å². The molecule has 2 amide bonds. The summed E-state index contributed by atoms with van der Waals surface area (Å²) in [4.78, 5) is 22.7. The molecule has 0 radical (unpaired) electrons. The van der Waals surface area contributed by atoms with Crippen LogP contribution in [0.25, 0.3) is 0 Å². The number of nitrogens with one attached hydrogen (secondary N) is 2. The van der Waals surface area contributed by atoms with Gasteiger partial charge in [0.1, 0.15) is 0 Å². The second kappa shape index (κ2) is 4.21. The molecule has 3 atom stereocenters. The van der Waals surface area contributed by atoms with Crippen molar-refractivity contribution in [2.75, 3.05) is 0 Å². The predicted octanol–water partition coefficient (Wildman–Crippen LogP) is 0.980. The molecule has 0 aromatic heterocycles. The van der Waals surface area contributed by atoms with Gasteiger partial charge in [-0.1, -0.05) is 13.3 Å². The zero-order valence-corrected chi connectivity index (χ0v) is 9.08. The monoisotopic (exact) mass is 210 g/mol. The quantitative estimate of drug-likeness (QED) is 0.667. The number of carbonyl (C=O) groups excluding carboxylic acids is 2. The maximum Gasteiger partial charge on any atom is 0.241 e. The Morgan fingerprint density at radius 3 is 2.53 bits per heavy atom. The molecule has 2 fully saturated rings. The molecule has 2 saturated carbocycles. The number of rotatable bonds is 2. The van der Waals surface area contributed by atoms with E-state index in [2.05, 4.69) is 10.9 Å². The van der Waals surface area contributed by atoms with Crippen LogP contribution in [0, 0.1) is 17.8 Å². The summed E-state index contributed by atoms with van der Waals surface area (Å²) in [6.07, 6.45) is 5.09. The molecule has 0 heterocycles. The number of hydrogen-bond acceptors (Lipinski definition) is 2. The van der Waals surface area contributed by atoms with Gasteiger partial charge in [0.15, 0.2) is 0 Å². The smallest absolute Gasteiger partial charge is 0.241 e. The standard InChI is InChI=1S/C11H18N2O2/c1-2-10(14)12-13-11(15)9-6-7-3-4-8(9)5-7/h7-9H,2-6H2,1H3,(H,12,14)(H,13,15)/t7-,8-,9-/m0/s1. The van der Waals surface area contributed by atoms with Crippen LogP contribution < -0.4 is 10.9 Å². The maximum atomic E-state index is 11.7. The van der Waals surface area contributed by atoms with E-state index in [1.165, 1.54) is 19.3 Å². The van der Waals surface area contributed by atoms with Crippen molar-refractivity contribution in [1.29, 1.82) is 0 Å². The third-order valence-electron chi connectivity index (χ3n) is 3.72. The zero-order chi connectivity index (χ0) is 10.8. The van der Waals surface area contributed by atoms with Crippen LogP contribution in [0.15, 0.2) is 0 Å². The fourth-order valence-electron chi connectivity index (χ4n) is 2.88. The molecule has 84 valence electrons. The fourth-order valence-corrected chi connectivity index (χ4v) is 2.88. The second-order valence-corrected chi connectivity index (χ2v) is 4.67. The van der Waals surface area contributed by atoms with Gasteiger partial charge in [-0.15, -0.1) is 0 Å². The highest BCUT2D eigenvalue weighted by Gasteiger charge is 2.43. The van der Waals surface area contributed by atoms with Crippen molar-refractivity contribution >= 4 is 11.8 Å². The van der Waals surface area contributed by atoms with Crippen LogP contribution in [0.1, 0.15) is 39.0 Å². The summed E-state index contributed by atoms with van der Waals surface area (Å²) in [6.45, 7) is 1.76. The third-order valence-corrected chi connectivity index (χ3v) is 3.72. The first-order valence-corrected chi connectivity index (χ1v) is 5.79. The summed E-state index contributed by atoms with van der Waals surface area (Å²) in [5, 5.41) is 0. The van der Waals surface area contributed by atoms with Crippen LogP contribution in [-0.2, 0) is 9.59 Å². The van der Waals surface area contributed by atoms with Gasteiger partial charge in [0.25, 0.3) is 0 Å². The fraction of sp³-hybridized carbons (Fsp3) is 0.818. The molecule has 0 spiro atoms. The van der Waals surface area contributed by atoms with Gasteiger partial charge in [0.2, 0.25) is 11.8 Å². The van der Waals surface area contributed by atoms with Gasteiger partial charge in [0, 0.05) is 12.3 Å². The summed E-state index contributed by atoms with van der Waals surface area (Å²) in [5.74, 6) is 1.33. The molecule has 0 saturated heterocycles. The highest BCUT2D eigenvalue weighted by Crippen LogP contribution is 2.48. The molecule has 0 aromatic rings. The normalized spacial score (nSPS) is 32.7. The summed E-state index contributed by atoms with van der Waals surface area (Å²) >= 11 is 0. The summed E-state index contributed by atoms with van der Waals surface area (Å²) in [7, 11) is 0. The van der Waals surface area contributed by atoms with E-state index in [1.54, 1.807) is 6.92 Å². The summed E-state index contributed by atoms with van der Waals surface area (Å²) in [5.41, 5.74) is 4.95. The SMILES string of the molecule is CCC(=O)NNC(=O)[C@H]1C[C@H]2CC[C@H]1C2. The number of amides is 2. The van der Waals surface area contributed by atoms with Gasteiger partial charge >= 0.3 is 0 Å². The van der Waals surface area contributed by atoms with Crippen molar-refractivity contribution in [1.82, 2.24) is 10.9 Å². The Morgan fingerprint density at radius 2 is 2.00 bits per heavy atom. The number of carbonyl (C=O) groups is 2. The lowest BCUT2D eigenvalue weighted by Crippen LogP contribution is -2.45. The lowest BCUT2D eigenvalue weighted by Gasteiger charge is -2.20. The van der Waals surface area contributed by atoms with Crippen molar-refractivity contribution in [3.63, 3.8) is 0 Å². The third kappa shape index (κ3) is 2.13. The van der Waals surface area contributed by atoms with Gasteiger partial charge in [-0.2, -0.15) is 0 Å². The molecular formula is C11H18N2O2. The van der Waals surface area contributed by atoms with Crippen LogP contribution in [0.4, 0.5) is 0 Å². The number of hydrogen-bond donors (Lipinski definition) is 2. The van der Waals surface area contributed by atoms with Crippen LogP contribution in [0.3, 0.4) is 0 Å². The molecule has 0 unspecified atom stereocenters. The van der Waals surface area contributed by atoms with Crippen LogP contribution in [0.5, 0.6) is 0 Å². The Labute approximate surface area is 89.8 Å². The Balaban J connectivity index is 1.79. The van der Waals surface area contributed by atoms with Gasteiger partial charge in [-0.05, 0) is 31.1 Å². The average molecular weight is 210 g/mol. The number of hydrazine groups is 1. The van der Waals surface area contributed by atoms with Crippen LogP contribution in [0.2, 0.25) is 0 Å². The Bertz CT molecular complexity index is 278. The predicted molar refractivity (Wildman–Crippen MR) is 55.5 cm³/mol. The van der Waals surface area contributed by atoms with Crippen LogP contribution in [-0.4, -0.2) is 11.8 Å². The molecule has 2 aliphatic rings. The molecule has 2 rings (SSSR count). The Hall–Kier alpha value is -1.06. The summed E-state index contributed by atoms with van der Waals surface area (Å²) in [6, 6.07) is 0. The molecule has 2 bridgehead atoms. The largest absolute Gasteiger partial charge is 0.273 e. The zero-order valence-electron chi connectivity index (χ0n) is 9.08. The van der Waals surface area contributed by atoms with Gasteiger partial charge in [0.05, 0.1) is 0 Å². The molecule has 0 aliphatic heterocycles. The summed E-state index contributed by atoms with van der Waals surface area (Å²) < 4.78 is 0. The molecule has 0 aromatic carbocycles. The van der Waals surface area contributed by atoms with E-state index in [0.717, 1.165) is 12.3 Å². The minimum atomic E-state index is -0.133. The second-order valence-electron chi connectivity index (χ2n) is 4.67. The van der Waals surface area contributed by atoms with E-state index in [9.17, 15) is 9.59 Å². The van der Waals surface area contributed by atoms with E-state index in [-0.39, 0.29) is 17.7 Å². The van der Waals surface area contributed by atoms with E-state index < -0.39 is 0 Å². The van der Waals surface area contributed by atoms with Crippen molar-refractivity contribution in [2.45, 2.75) is 39.0 Å². The maximum absolute atomic E-state index is 11.7. The van der Waals surface area contributed by atoms with E-state index in [4.69, 9.17) is 0 Å². The minimum absolute atomic E-state index is 0.00370. The molecular weight excluding hydrogens is 192 g/mol. The molecule has 4 heteroatoms. The van der Waals surface area contributed by atoms with E-state index >= 15 is 0 Å². The highest BCUT2D eigenvalue weighted by molar-refractivity contribution is 5.83. The Morgan fingerprint density at radius 1 is 1.20 bits per heavy atom. The van der Waals surface area contributed by atoms with Crippen molar-refractivity contribution in [2.24, 2.45) is 17.8 Å². The van der Waals surface area contributed by atoms with Crippen molar-refractivity contribution in [3.8, 4) is 0 Å². The minimum Gasteiger partial charge on any atom is -0.273 e. The average Bonchev–Trinajstić information content (AvgIpc) is 2.86. The molecule has 4 nitrogen and oxygen atoms in total. The highest BCUT2D eigenvalue weighted by atomic mass is 16.2. The molecule has 15 heavy (non-hydrogen) atoms. The lowest BCUT2D eigenvalue weighted by atomic mass is 9.88. The molecule has 2 N–H and O–H groups in total. The van der Waals surface area contributed by atoms with Gasteiger partial charge < -0.3 is 0 Å². The number of fused-ring (bicyclic) bond motifs is 2. The first-order chi connectivity index (χ1) is 7.20. The van der Waals surface area contributed by atoms with Gasteiger partial charge in [-0.3, -0.25) is 20.4 Å². The van der Waals surface area contributed by atoms with E-state index in [1.807, 2.05) is 0 Å². The topological polar surface area (TPSA) is 58.2 Å². The molecule has 2 aliphatic carbocycles. The first-order valence-electron chi connectivity index (χ1n) is 5.79. The Kier molecular flexibility index (Phi) is 2.93.